The largest absolute Gasteiger partial charge is 0.0683 e. The van der Waals surface area contributed by atoms with Crippen LogP contribution < -0.4 is 0 Å². The van der Waals surface area contributed by atoms with E-state index < -0.39 is 0 Å². The zero-order valence-corrected chi connectivity index (χ0v) is 15.7. The molecule has 0 heterocycles. The first-order chi connectivity index (χ1) is 8.62. The highest BCUT2D eigenvalue weighted by Gasteiger charge is 2.35. The van der Waals surface area contributed by atoms with Gasteiger partial charge in [0.1, 0.15) is 0 Å². The fraction of sp³-hybridized carbons (Fsp3) is 1.00. The standard InChI is InChI=1S/C17H36.C2H6/c1-9-11-12-14(10-2)13-15(16(3,4)5)17(6,7)8;1-2/h14-15H,9-13H2,1-8H3;1-2H3. The number of rotatable bonds is 6. The zero-order valence-electron chi connectivity index (χ0n) is 15.7. The summed E-state index contributed by atoms with van der Waals surface area (Å²) in [6, 6.07) is 0. The molecule has 0 saturated carbocycles. The van der Waals surface area contributed by atoms with E-state index in [9.17, 15) is 0 Å². The topological polar surface area (TPSA) is 0 Å². The molecule has 0 nitrogen and oxygen atoms in total. The summed E-state index contributed by atoms with van der Waals surface area (Å²) in [5.41, 5.74) is 0.857. The molecule has 0 aromatic carbocycles. The Balaban J connectivity index is 0. The van der Waals surface area contributed by atoms with Gasteiger partial charge >= 0.3 is 0 Å². The Hall–Kier alpha value is 0. The fourth-order valence-electron chi connectivity index (χ4n) is 3.32. The molecule has 0 aliphatic carbocycles. The van der Waals surface area contributed by atoms with E-state index in [1.54, 1.807) is 0 Å². The monoisotopic (exact) mass is 270 g/mol. The third kappa shape index (κ3) is 9.52. The quantitative estimate of drug-likeness (QED) is 0.474. The van der Waals surface area contributed by atoms with Crippen LogP contribution in [0.25, 0.3) is 0 Å². The molecule has 0 N–H and O–H groups in total. The Kier molecular flexibility index (Phi) is 11.0. The first kappa shape index (κ1) is 21.3. The summed E-state index contributed by atoms with van der Waals surface area (Å²) < 4.78 is 0. The normalized spacial score (nSPS) is 14.1. The Morgan fingerprint density at radius 3 is 1.47 bits per heavy atom. The van der Waals surface area contributed by atoms with Crippen LogP contribution in [0.3, 0.4) is 0 Å². The fourth-order valence-corrected chi connectivity index (χ4v) is 3.32. The van der Waals surface area contributed by atoms with Crippen LogP contribution in [0.1, 0.15) is 101 Å². The summed E-state index contributed by atoms with van der Waals surface area (Å²) in [6.07, 6.45) is 6.92. The van der Waals surface area contributed by atoms with Crippen molar-refractivity contribution in [2.45, 2.75) is 101 Å². The molecule has 0 radical (unpaired) electrons. The maximum Gasteiger partial charge on any atom is -0.0314 e. The van der Waals surface area contributed by atoms with Gasteiger partial charge in [0.05, 0.1) is 0 Å². The predicted molar refractivity (Wildman–Crippen MR) is 91.7 cm³/mol. The van der Waals surface area contributed by atoms with Gasteiger partial charge in [-0.05, 0) is 29.1 Å². The minimum Gasteiger partial charge on any atom is -0.0683 e. The summed E-state index contributed by atoms with van der Waals surface area (Å²) in [6.45, 7) is 23.1. The lowest BCUT2D eigenvalue weighted by molar-refractivity contribution is 0.0720. The number of hydrogen-bond donors (Lipinski definition) is 0. The molecule has 0 amide bonds. The zero-order chi connectivity index (χ0) is 15.7. The predicted octanol–water partition coefficient (Wildman–Crippen LogP) is 7.33. The van der Waals surface area contributed by atoms with E-state index in [0.717, 1.165) is 11.8 Å². The van der Waals surface area contributed by atoms with Gasteiger partial charge < -0.3 is 0 Å². The molecule has 0 fully saturated rings. The van der Waals surface area contributed by atoms with E-state index in [4.69, 9.17) is 0 Å². The van der Waals surface area contributed by atoms with Gasteiger partial charge in [0.15, 0.2) is 0 Å². The van der Waals surface area contributed by atoms with Crippen molar-refractivity contribution in [2.75, 3.05) is 0 Å². The van der Waals surface area contributed by atoms with Crippen LogP contribution in [0.15, 0.2) is 0 Å². The molecule has 0 spiro atoms. The minimum atomic E-state index is 0.428. The van der Waals surface area contributed by atoms with Gasteiger partial charge in [0, 0.05) is 0 Å². The lowest BCUT2D eigenvalue weighted by Gasteiger charge is -2.42. The van der Waals surface area contributed by atoms with Crippen molar-refractivity contribution in [1.29, 1.82) is 0 Å². The average Bonchev–Trinajstić information content (AvgIpc) is 2.28. The molecule has 0 aromatic heterocycles. The van der Waals surface area contributed by atoms with Crippen LogP contribution in [0.2, 0.25) is 0 Å². The molecule has 0 bridgehead atoms. The van der Waals surface area contributed by atoms with Gasteiger partial charge in [-0.1, -0.05) is 94.9 Å². The number of hydrogen-bond acceptors (Lipinski definition) is 0. The molecular formula is C19H42. The molecule has 0 heteroatoms. The van der Waals surface area contributed by atoms with Crippen molar-refractivity contribution in [3.8, 4) is 0 Å². The second kappa shape index (κ2) is 9.83. The highest BCUT2D eigenvalue weighted by Crippen LogP contribution is 2.44. The van der Waals surface area contributed by atoms with E-state index in [1.165, 1.54) is 32.1 Å². The van der Waals surface area contributed by atoms with Crippen LogP contribution in [0.4, 0.5) is 0 Å². The first-order valence-electron chi connectivity index (χ1n) is 8.62. The molecule has 1 atom stereocenters. The van der Waals surface area contributed by atoms with E-state index >= 15 is 0 Å². The summed E-state index contributed by atoms with van der Waals surface area (Å²) in [7, 11) is 0. The highest BCUT2D eigenvalue weighted by molar-refractivity contribution is 4.85. The lowest BCUT2D eigenvalue weighted by Crippen LogP contribution is -2.34. The SMILES string of the molecule is CC.CCCCC(CC)CC(C(C)(C)C)C(C)(C)C. The van der Waals surface area contributed by atoms with Crippen LogP contribution in [0, 0.1) is 22.7 Å². The second-order valence-electron chi connectivity index (χ2n) is 7.94. The Bertz CT molecular complexity index is 175. The summed E-state index contributed by atoms with van der Waals surface area (Å²) in [4.78, 5) is 0. The van der Waals surface area contributed by atoms with E-state index in [2.05, 4.69) is 55.4 Å². The van der Waals surface area contributed by atoms with Crippen molar-refractivity contribution < 1.29 is 0 Å². The maximum absolute atomic E-state index is 2.41. The van der Waals surface area contributed by atoms with Gasteiger partial charge in [-0.25, -0.2) is 0 Å². The van der Waals surface area contributed by atoms with Crippen LogP contribution >= 0.6 is 0 Å². The Labute approximate surface area is 124 Å². The molecule has 0 aliphatic heterocycles. The van der Waals surface area contributed by atoms with Crippen LogP contribution in [0.5, 0.6) is 0 Å². The molecule has 19 heavy (non-hydrogen) atoms. The van der Waals surface area contributed by atoms with Crippen molar-refractivity contribution in [3.05, 3.63) is 0 Å². The van der Waals surface area contributed by atoms with Gasteiger partial charge in [-0.3, -0.25) is 0 Å². The van der Waals surface area contributed by atoms with E-state index in [1.807, 2.05) is 13.8 Å². The highest BCUT2D eigenvalue weighted by atomic mass is 14.4. The summed E-state index contributed by atoms with van der Waals surface area (Å²) in [5, 5.41) is 0. The second-order valence-corrected chi connectivity index (χ2v) is 7.94. The van der Waals surface area contributed by atoms with Gasteiger partial charge in [-0.2, -0.15) is 0 Å². The molecule has 0 rings (SSSR count). The molecule has 0 aromatic rings. The van der Waals surface area contributed by atoms with Crippen LogP contribution in [-0.4, -0.2) is 0 Å². The third-order valence-electron chi connectivity index (χ3n) is 4.20. The summed E-state index contributed by atoms with van der Waals surface area (Å²) >= 11 is 0. The molecule has 0 aliphatic rings. The van der Waals surface area contributed by atoms with Gasteiger partial charge in [-0.15, -0.1) is 0 Å². The third-order valence-corrected chi connectivity index (χ3v) is 4.20. The van der Waals surface area contributed by atoms with Crippen LogP contribution in [-0.2, 0) is 0 Å². The Morgan fingerprint density at radius 2 is 1.21 bits per heavy atom. The average molecular weight is 271 g/mol. The lowest BCUT2D eigenvalue weighted by atomic mass is 9.63. The van der Waals surface area contributed by atoms with Crippen molar-refractivity contribution in [2.24, 2.45) is 22.7 Å². The Morgan fingerprint density at radius 1 is 0.789 bits per heavy atom. The molecule has 1 unspecified atom stereocenters. The first-order valence-corrected chi connectivity index (χ1v) is 8.62. The van der Waals surface area contributed by atoms with E-state index in [-0.39, 0.29) is 0 Å². The van der Waals surface area contributed by atoms with Crippen molar-refractivity contribution in [1.82, 2.24) is 0 Å². The van der Waals surface area contributed by atoms with Gasteiger partial charge in [0.25, 0.3) is 0 Å². The minimum absolute atomic E-state index is 0.428. The van der Waals surface area contributed by atoms with E-state index in [0.29, 0.717) is 10.8 Å². The van der Waals surface area contributed by atoms with Crippen molar-refractivity contribution >= 4 is 0 Å². The van der Waals surface area contributed by atoms with Crippen molar-refractivity contribution in [3.63, 3.8) is 0 Å². The molecule has 0 saturated heterocycles. The maximum atomic E-state index is 2.41. The number of unbranched alkanes of at least 4 members (excludes halogenated alkanes) is 1. The smallest absolute Gasteiger partial charge is 0.0314 e. The summed E-state index contributed by atoms with van der Waals surface area (Å²) in [5.74, 6) is 1.75. The molecule has 118 valence electrons. The van der Waals surface area contributed by atoms with Gasteiger partial charge in [0.2, 0.25) is 0 Å². The molecular weight excluding hydrogens is 228 g/mol.